The number of rotatable bonds is 4. The lowest BCUT2D eigenvalue weighted by Crippen LogP contribution is -2.21. The molecule has 1 aromatic carbocycles. The van der Waals surface area contributed by atoms with Crippen LogP contribution in [-0.4, -0.2) is 11.0 Å². The van der Waals surface area contributed by atoms with E-state index >= 15 is 0 Å². The van der Waals surface area contributed by atoms with Gasteiger partial charge in [0.05, 0.1) is 6.10 Å². The van der Waals surface area contributed by atoms with Gasteiger partial charge in [-0.3, -0.25) is 4.79 Å². The van der Waals surface area contributed by atoms with Crippen LogP contribution < -0.4 is 5.32 Å². The molecule has 19 heavy (non-hydrogen) atoms. The molecule has 1 aliphatic rings. The van der Waals surface area contributed by atoms with E-state index in [1.54, 1.807) is 0 Å². The summed E-state index contributed by atoms with van der Waals surface area (Å²) in [7, 11) is 0. The number of carbonyl (C=O) groups is 1. The molecule has 0 saturated heterocycles. The van der Waals surface area contributed by atoms with Gasteiger partial charge in [-0.15, -0.1) is 0 Å². The molecule has 3 heteroatoms. The van der Waals surface area contributed by atoms with Crippen molar-refractivity contribution in [3.63, 3.8) is 0 Å². The normalized spacial score (nSPS) is 15.9. The number of amides is 1. The third-order valence-corrected chi connectivity index (χ3v) is 4.10. The quantitative estimate of drug-likeness (QED) is 0.872. The fraction of sp³-hybridized carbons (Fsp3) is 0.562. The second-order valence-electron chi connectivity index (χ2n) is 5.46. The van der Waals surface area contributed by atoms with E-state index in [4.69, 9.17) is 0 Å². The minimum atomic E-state index is -0.387. The zero-order valence-corrected chi connectivity index (χ0v) is 12.0. The molecule has 0 spiro atoms. The highest BCUT2D eigenvalue weighted by Crippen LogP contribution is 2.34. The molecule has 2 N–H and O–H groups in total. The minimum Gasteiger partial charge on any atom is -0.388 e. The number of aliphatic hydroxyl groups is 1. The summed E-state index contributed by atoms with van der Waals surface area (Å²) in [6, 6.07) is 2.08. The van der Waals surface area contributed by atoms with E-state index in [9.17, 15) is 9.90 Å². The van der Waals surface area contributed by atoms with E-state index in [0.717, 1.165) is 53.6 Å². The van der Waals surface area contributed by atoms with Crippen LogP contribution in [0, 0.1) is 13.8 Å². The fourth-order valence-electron chi connectivity index (χ4n) is 2.73. The highest BCUT2D eigenvalue weighted by atomic mass is 16.3. The summed E-state index contributed by atoms with van der Waals surface area (Å²) < 4.78 is 0. The van der Waals surface area contributed by atoms with Crippen LogP contribution in [0.25, 0.3) is 0 Å². The van der Waals surface area contributed by atoms with Crippen molar-refractivity contribution < 1.29 is 9.90 Å². The number of aliphatic hydroxyl groups excluding tert-OH is 1. The number of carbonyl (C=O) groups excluding carboxylic acids is 1. The number of fused-ring (bicyclic) bond motifs is 1. The summed E-state index contributed by atoms with van der Waals surface area (Å²) in [5, 5.41) is 13.3. The van der Waals surface area contributed by atoms with E-state index in [0.29, 0.717) is 6.42 Å². The van der Waals surface area contributed by atoms with Crippen molar-refractivity contribution in [1.82, 2.24) is 0 Å². The molecule has 3 nitrogen and oxygen atoms in total. The van der Waals surface area contributed by atoms with E-state index in [2.05, 4.69) is 18.3 Å². The smallest absolute Gasteiger partial charge is 0.224 e. The van der Waals surface area contributed by atoms with Crippen LogP contribution in [0.3, 0.4) is 0 Å². The molecule has 0 aromatic heterocycles. The van der Waals surface area contributed by atoms with E-state index < -0.39 is 0 Å². The molecular weight excluding hydrogens is 238 g/mol. The Balaban J connectivity index is 2.36. The summed E-state index contributed by atoms with van der Waals surface area (Å²) >= 11 is 0. The number of unbranched alkanes of at least 4 members (excludes halogenated alkanes) is 1. The van der Waals surface area contributed by atoms with Gasteiger partial charge < -0.3 is 10.4 Å². The lowest BCUT2D eigenvalue weighted by molar-refractivity contribution is -0.116. The molecule has 1 amide bonds. The summed E-state index contributed by atoms with van der Waals surface area (Å²) in [5.41, 5.74) is 5.34. The first-order valence-electron chi connectivity index (χ1n) is 7.15. The molecule has 0 fully saturated rings. The Kier molecular flexibility index (Phi) is 4.25. The maximum absolute atomic E-state index is 11.5. The van der Waals surface area contributed by atoms with Crippen molar-refractivity contribution >= 4 is 11.6 Å². The first-order chi connectivity index (χ1) is 9.04. The summed E-state index contributed by atoms with van der Waals surface area (Å²) in [4.78, 5) is 11.5. The Morgan fingerprint density at radius 1 is 1.32 bits per heavy atom. The van der Waals surface area contributed by atoms with Crippen molar-refractivity contribution in [2.75, 3.05) is 5.32 Å². The number of aryl methyl sites for hydroxylation is 1. The topological polar surface area (TPSA) is 49.3 Å². The fourth-order valence-corrected chi connectivity index (χ4v) is 2.73. The number of hydrogen-bond donors (Lipinski definition) is 2. The predicted molar refractivity (Wildman–Crippen MR) is 77.4 cm³/mol. The van der Waals surface area contributed by atoms with Crippen LogP contribution in [0.15, 0.2) is 6.07 Å². The Labute approximate surface area is 115 Å². The lowest BCUT2D eigenvalue weighted by Gasteiger charge is -2.24. The Bertz CT molecular complexity index is 494. The molecule has 1 aromatic rings. The van der Waals surface area contributed by atoms with Crippen LogP contribution in [0.2, 0.25) is 0 Å². The van der Waals surface area contributed by atoms with Crippen LogP contribution in [0.1, 0.15) is 61.0 Å². The first kappa shape index (κ1) is 14.1. The van der Waals surface area contributed by atoms with Crippen molar-refractivity contribution in [2.24, 2.45) is 0 Å². The number of hydrogen-bond acceptors (Lipinski definition) is 2. The van der Waals surface area contributed by atoms with Gasteiger partial charge in [-0.25, -0.2) is 0 Å². The first-order valence-corrected chi connectivity index (χ1v) is 7.15. The van der Waals surface area contributed by atoms with Gasteiger partial charge in [0.15, 0.2) is 0 Å². The van der Waals surface area contributed by atoms with E-state index in [-0.39, 0.29) is 12.0 Å². The average molecular weight is 261 g/mol. The molecule has 1 heterocycles. The summed E-state index contributed by atoms with van der Waals surface area (Å²) in [5.74, 6) is 0.0919. The maximum Gasteiger partial charge on any atom is 0.224 e. The maximum atomic E-state index is 11.5. The summed E-state index contributed by atoms with van der Waals surface area (Å²) in [6.07, 6.45) is 3.86. The van der Waals surface area contributed by atoms with Crippen molar-refractivity contribution in [2.45, 2.75) is 59.0 Å². The monoisotopic (exact) mass is 261 g/mol. The Morgan fingerprint density at radius 2 is 2.05 bits per heavy atom. The standard InChI is InChI=1S/C16H23NO2/c1-4-5-6-14(18)13-9-12-7-8-15(19)17-16(12)11(3)10(13)2/h9,14,18H,4-8H2,1-3H3,(H,17,19). The average Bonchev–Trinajstić information content (AvgIpc) is 2.40. The minimum absolute atomic E-state index is 0.0919. The third-order valence-electron chi connectivity index (χ3n) is 4.10. The van der Waals surface area contributed by atoms with Crippen molar-refractivity contribution in [1.29, 1.82) is 0 Å². The van der Waals surface area contributed by atoms with Gasteiger partial charge in [0.1, 0.15) is 0 Å². The van der Waals surface area contributed by atoms with Crippen molar-refractivity contribution in [3.05, 3.63) is 28.3 Å². The highest BCUT2D eigenvalue weighted by molar-refractivity contribution is 5.95. The number of benzene rings is 1. The largest absolute Gasteiger partial charge is 0.388 e. The molecule has 1 unspecified atom stereocenters. The van der Waals surface area contributed by atoms with Crippen molar-refractivity contribution in [3.8, 4) is 0 Å². The molecule has 104 valence electrons. The third kappa shape index (κ3) is 2.81. The van der Waals surface area contributed by atoms with Crippen LogP contribution in [0.5, 0.6) is 0 Å². The Morgan fingerprint density at radius 3 is 2.74 bits per heavy atom. The zero-order valence-electron chi connectivity index (χ0n) is 12.0. The summed E-state index contributed by atoms with van der Waals surface area (Å²) in [6.45, 7) is 6.18. The molecule has 0 saturated carbocycles. The van der Waals surface area contributed by atoms with Gasteiger partial charge in [-0.05, 0) is 48.9 Å². The second kappa shape index (κ2) is 5.74. The highest BCUT2D eigenvalue weighted by Gasteiger charge is 2.21. The Hall–Kier alpha value is -1.35. The van der Waals surface area contributed by atoms with Gasteiger partial charge in [0.2, 0.25) is 5.91 Å². The van der Waals surface area contributed by atoms with E-state index in [1.807, 2.05) is 13.8 Å². The van der Waals surface area contributed by atoms with Crippen LogP contribution in [0.4, 0.5) is 5.69 Å². The van der Waals surface area contributed by atoms with Crippen LogP contribution >= 0.6 is 0 Å². The second-order valence-corrected chi connectivity index (χ2v) is 5.46. The molecule has 0 radical (unpaired) electrons. The van der Waals surface area contributed by atoms with Gasteiger partial charge >= 0.3 is 0 Å². The predicted octanol–water partition coefficient (Wildman–Crippen LogP) is 3.41. The van der Waals surface area contributed by atoms with E-state index in [1.165, 1.54) is 0 Å². The van der Waals surface area contributed by atoms with Gasteiger partial charge in [0, 0.05) is 12.1 Å². The zero-order chi connectivity index (χ0) is 14.0. The lowest BCUT2D eigenvalue weighted by atomic mass is 9.89. The van der Waals surface area contributed by atoms with Crippen LogP contribution in [-0.2, 0) is 11.2 Å². The molecule has 0 aliphatic carbocycles. The van der Waals surface area contributed by atoms with Gasteiger partial charge in [0.25, 0.3) is 0 Å². The van der Waals surface area contributed by atoms with Gasteiger partial charge in [-0.1, -0.05) is 25.8 Å². The molecular formula is C16H23NO2. The molecule has 1 atom stereocenters. The number of anilines is 1. The molecule has 0 bridgehead atoms. The number of nitrogens with one attached hydrogen (secondary N) is 1. The molecule has 2 rings (SSSR count). The van der Waals surface area contributed by atoms with Gasteiger partial charge in [-0.2, -0.15) is 0 Å². The SMILES string of the molecule is CCCCC(O)c1cc2c(c(C)c1C)NC(=O)CC2. The molecule has 1 aliphatic heterocycles.